The van der Waals surface area contributed by atoms with Crippen molar-refractivity contribution in [2.45, 2.75) is 39.0 Å². The molecule has 6 nitrogen and oxygen atoms in total. The molecular weight excluding hydrogens is 334 g/mol. The van der Waals surface area contributed by atoms with E-state index in [0.29, 0.717) is 23.9 Å². The normalized spacial score (nSPS) is 23.5. The molecule has 2 aliphatic carbocycles. The molecule has 3 rings (SSSR count). The van der Waals surface area contributed by atoms with Gasteiger partial charge in [-0.2, -0.15) is 0 Å². The van der Waals surface area contributed by atoms with Gasteiger partial charge in [0.2, 0.25) is 0 Å². The Balaban J connectivity index is 1.47. The van der Waals surface area contributed by atoms with E-state index in [1.165, 1.54) is 19.3 Å². The smallest absolute Gasteiger partial charge is 0.340 e. The number of amides is 1. The summed E-state index contributed by atoms with van der Waals surface area (Å²) in [7, 11) is 0. The molecule has 1 aromatic carbocycles. The summed E-state index contributed by atoms with van der Waals surface area (Å²) in [5.41, 5.74) is 0.621. The Labute approximate surface area is 153 Å². The number of anilines is 1. The molecule has 1 aromatic rings. The van der Waals surface area contributed by atoms with E-state index in [1.807, 2.05) is 0 Å². The molecule has 2 bridgehead atoms. The minimum absolute atomic E-state index is 0.252. The highest BCUT2D eigenvalue weighted by molar-refractivity contribution is 6.01. The second-order valence-electron chi connectivity index (χ2n) is 7.11. The second-order valence-corrected chi connectivity index (χ2v) is 7.11. The number of hydrogen-bond acceptors (Lipinski definition) is 5. The van der Waals surface area contributed by atoms with Gasteiger partial charge in [0.25, 0.3) is 5.91 Å². The van der Waals surface area contributed by atoms with Crippen LogP contribution in [0.3, 0.4) is 0 Å². The molecule has 0 aromatic heterocycles. The average molecular weight is 359 g/mol. The average Bonchev–Trinajstić information content (AvgIpc) is 3.23. The maximum atomic E-state index is 12.1. The van der Waals surface area contributed by atoms with Crippen LogP contribution in [0, 0.1) is 17.8 Å². The van der Waals surface area contributed by atoms with Crippen LogP contribution in [0.1, 0.15) is 49.4 Å². The largest absolute Gasteiger partial charge is 0.462 e. The van der Waals surface area contributed by atoms with Gasteiger partial charge in [0.15, 0.2) is 6.61 Å². The van der Waals surface area contributed by atoms with Gasteiger partial charge in [-0.25, -0.2) is 4.79 Å². The fourth-order valence-corrected chi connectivity index (χ4v) is 4.21. The molecule has 1 amide bonds. The fraction of sp³-hybridized carbons (Fsp3) is 0.550. The molecule has 0 aliphatic heterocycles. The lowest BCUT2D eigenvalue weighted by molar-refractivity contribution is -0.148. The summed E-state index contributed by atoms with van der Waals surface area (Å²) < 4.78 is 10.1. The van der Waals surface area contributed by atoms with Crippen molar-refractivity contribution in [2.75, 3.05) is 18.5 Å². The Kier molecular flexibility index (Phi) is 5.91. The van der Waals surface area contributed by atoms with Crippen molar-refractivity contribution in [3.63, 3.8) is 0 Å². The molecule has 2 fully saturated rings. The summed E-state index contributed by atoms with van der Waals surface area (Å²) in [6, 6.07) is 6.59. The topological polar surface area (TPSA) is 81.7 Å². The first kappa shape index (κ1) is 18.4. The summed E-state index contributed by atoms with van der Waals surface area (Å²) >= 11 is 0. The molecule has 2 saturated carbocycles. The molecule has 1 N–H and O–H groups in total. The number of carbonyl (C=O) groups is 3. The molecule has 3 atom stereocenters. The van der Waals surface area contributed by atoms with E-state index >= 15 is 0 Å². The minimum Gasteiger partial charge on any atom is -0.462 e. The highest BCUT2D eigenvalue weighted by Gasteiger charge is 2.40. The SMILES string of the molecule is CCOC(=O)c1ccccc1NC(=O)COC(=O)C[C@@H]1C[C@@H]2CC[C@@H]1C2. The van der Waals surface area contributed by atoms with Gasteiger partial charge in [0, 0.05) is 6.42 Å². The zero-order valence-electron chi connectivity index (χ0n) is 15.0. The Morgan fingerprint density at radius 2 is 1.92 bits per heavy atom. The number of carbonyl (C=O) groups excluding carboxylic acids is 3. The standard InChI is InChI=1S/C20H25NO5/c1-2-25-20(24)16-5-3-4-6-17(16)21-18(22)12-26-19(23)11-15-10-13-7-8-14(15)9-13/h3-6,13-15H,2,7-12H2,1H3,(H,21,22)/t13-,14-,15+/m1/s1. The molecule has 0 saturated heterocycles. The molecule has 140 valence electrons. The number of hydrogen-bond donors (Lipinski definition) is 1. The van der Waals surface area contributed by atoms with Crippen LogP contribution in [-0.4, -0.2) is 31.1 Å². The first-order valence-corrected chi connectivity index (χ1v) is 9.28. The number of esters is 2. The van der Waals surface area contributed by atoms with Crippen molar-refractivity contribution >= 4 is 23.5 Å². The molecule has 6 heteroatoms. The molecule has 0 radical (unpaired) electrons. The van der Waals surface area contributed by atoms with E-state index in [1.54, 1.807) is 31.2 Å². The number of ether oxygens (including phenoxy) is 2. The van der Waals surface area contributed by atoms with Crippen LogP contribution >= 0.6 is 0 Å². The summed E-state index contributed by atoms with van der Waals surface area (Å²) in [5, 5.41) is 2.61. The van der Waals surface area contributed by atoms with E-state index in [0.717, 1.165) is 12.3 Å². The quantitative estimate of drug-likeness (QED) is 0.756. The lowest BCUT2D eigenvalue weighted by Gasteiger charge is -2.20. The summed E-state index contributed by atoms with van der Waals surface area (Å²) in [4.78, 5) is 36.0. The Hall–Kier alpha value is -2.37. The van der Waals surface area contributed by atoms with Crippen LogP contribution < -0.4 is 5.32 Å². The van der Waals surface area contributed by atoms with Crippen molar-refractivity contribution in [1.82, 2.24) is 0 Å². The third kappa shape index (κ3) is 4.42. The predicted octanol–water partition coefficient (Wildman–Crippen LogP) is 3.17. The van der Waals surface area contributed by atoms with Gasteiger partial charge in [-0.1, -0.05) is 18.6 Å². The Morgan fingerprint density at radius 3 is 2.62 bits per heavy atom. The number of rotatable bonds is 7. The van der Waals surface area contributed by atoms with Crippen molar-refractivity contribution < 1.29 is 23.9 Å². The first-order chi connectivity index (χ1) is 12.6. The summed E-state index contributed by atoms with van der Waals surface area (Å²) in [6.45, 7) is 1.62. The van der Waals surface area contributed by atoms with Crippen molar-refractivity contribution in [2.24, 2.45) is 17.8 Å². The van der Waals surface area contributed by atoms with Gasteiger partial charge in [0.05, 0.1) is 17.9 Å². The van der Waals surface area contributed by atoms with Gasteiger partial charge in [-0.3, -0.25) is 9.59 Å². The monoisotopic (exact) mass is 359 g/mol. The molecule has 0 unspecified atom stereocenters. The maximum Gasteiger partial charge on any atom is 0.340 e. The van der Waals surface area contributed by atoms with E-state index < -0.39 is 11.9 Å². The van der Waals surface area contributed by atoms with Gasteiger partial charge >= 0.3 is 11.9 Å². The van der Waals surface area contributed by atoms with Crippen LogP contribution in [0.15, 0.2) is 24.3 Å². The van der Waals surface area contributed by atoms with E-state index in [9.17, 15) is 14.4 Å². The Bertz CT molecular complexity index is 687. The van der Waals surface area contributed by atoms with Gasteiger partial charge in [0.1, 0.15) is 0 Å². The zero-order chi connectivity index (χ0) is 18.5. The highest BCUT2D eigenvalue weighted by Crippen LogP contribution is 2.49. The van der Waals surface area contributed by atoms with Crippen LogP contribution in [-0.2, 0) is 19.1 Å². The molecule has 2 aliphatic rings. The van der Waals surface area contributed by atoms with Crippen molar-refractivity contribution in [1.29, 1.82) is 0 Å². The van der Waals surface area contributed by atoms with Crippen molar-refractivity contribution in [3.05, 3.63) is 29.8 Å². The predicted molar refractivity (Wildman–Crippen MR) is 95.5 cm³/mol. The minimum atomic E-state index is -0.503. The lowest BCUT2D eigenvalue weighted by atomic mass is 9.86. The third-order valence-electron chi connectivity index (χ3n) is 5.37. The number of nitrogens with one attached hydrogen (secondary N) is 1. The number of para-hydroxylation sites is 1. The second kappa shape index (κ2) is 8.34. The zero-order valence-corrected chi connectivity index (χ0v) is 15.0. The number of fused-ring (bicyclic) bond motifs is 2. The lowest BCUT2D eigenvalue weighted by Crippen LogP contribution is -2.24. The highest BCUT2D eigenvalue weighted by atomic mass is 16.5. The van der Waals surface area contributed by atoms with E-state index in [4.69, 9.17) is 9.47 Å². The molecule has 0 heterocycles. The van der Waals surface area contributed by atoms with Gasteiger partial charge in [-0.05, 0) is 56.1 Å². The fourth-order valence-electron chi connectivity index (χ4n) is 4.21. The van der Waals surface area contributed by atoms with Gasteiger partial charge in [-0.15, -0.1) is 0 Å². The van der Waals surface area contributed by atoms with Crippen molar-refractivity contribution in [3.8, 4) is 0 Å². The molecular formula is C20H25NO5. The van der Waals surface area contributed by atoms with Crippen LogP contribution in [0.5, 0.6) is 0 Å². The number of benzene rings is 1. The Morgan fingerprint density at radius 1 is 1.12 bits per heavy atom. The first-order valence-electron chi connectivity index (χ1n) is 9.28. The van der Waals surface area contributed by atoms with Gasteiger partial charge < -0.3 is 14.8 Å². The molecule has 0 spiro atoms. The molecule has 26 heavy (non-hydrogen) atoms. The van der Waals surface area contributed by atoms with Crippen LogP contribution in [0.25, 0.3) is 0 Å². The summed E-state index contributed by atoms with van der Waals surface area (Å²) in [6.07, 6.45) is 5.25. The third-order valence-corrected chi connectivity index (χ3v) is 5.37. The van der Waals surface area contributed by atoms with Crippen LogP contribution in [0.2, 0.25) is 0 Å². The van der Waals surface area contributed by atoms with Crippen LogP contribution in [0.4, 0.5) is 5.69 Å². The van der Waals surface area contributed by atoms with E-state index in [2.05, 4.69) is 5.32 Å². The van der Waals surface area contributed by atoms with E-state index in [-0.39, 0.29) is 24.7 Å². The maximum absolute atomic E-state index is 12.1. The summed E-state index contributed by atoms with van der Waals surface area (Å²) in [5.74, 6) is 0.545.